The van der Waals surface area contributed by atoms with Gasteiger partial charge in [-0.2, -0.15) is 0 Å². The van der Waals surface area contributed by atoms with Gasteiger partial charge in [-0.25, -0.2) is 0 Å². The topological polar surface area (TPSA) is 75.4 Å². The summed E-state index contributed by atoms with van der Waals surface area (Å²) in [5.74, 6) is 0.548. The number of nitrogens with zero attached hydrogens (tertiary/aromatic N) is 1. The maximum atomic E-state index is 12.4. The lowest BCUT2D eigenvalue weighted by Gasteiger charge is -2.34. The highest BCUT2D eigenvalue weighted by atomic mass is 16.2. The number of nitrogens with one attached hydrogen (secondary N) is 1. The predicted octanol–water partition coefficient (Wildman–Crippen LogP) is 1.02. The van der Waals surface area contributed by atoms with Crippen molar-refractivity contribution in [3.63, 3.8) is 0 Å². The van der Waals surface area contributed by atoms with Crippen LogP contribution in [0.4, 0.5) is 0 Å². The van der Waals surface area contributed by atoms with E-state index in [1.807, 2.05) is 11.8 Å². The second-order valence-corrected chi connectivity index (χ2v) is 6.19. The lowest BCUT2D eigenvalue weighted by Crippen LogP contribution is -2.47. The molecule has 0 spiro atoms. The monoisotopic (exact) mass is 281 g/mol. The van der Waals surface area contributed by atoms with Gasteiger partial charge >= 0.3 is 0 Å². The average molecular weight is 281 g/mol. The Morgan fingerprint density at radius 3 is 2.45 bits per heavy atom. The van der Waals surface area contributed by atoms with Gasteiger partial charge in [0.25, 0.3) is 0 Å². The number of amides is 2. The molecule has 1 saturated heterocycles. The number of hydrogen-bond acceptors (Lipinski definition) is 3. The Morgan fingerprint density at radius 2 is 1.90 bits per heavy atom. The van der Waals surface area contributed by atoms with Gasteiger partial charge in [-0.05, 0) is 38.5 Å². The van der Waals surface area contributed by atoms with E-state index < -0.39 is 0 Å². The van der Waals surface area contributed by atoms with E-state index >= 15 is 0 Å². The first kappa shape index (κ1) is 15.3. The molecule has 2 aliphatic rings. The Kier molecular flexibility index (Phi) is 5.40. The maximum Gasteiger partial charge on any atom is 0.225 e. The molecule has 114 valence electrons. The van der Waals surface area contributed by atoms with E-state index in [0.717, 1.165) is 51.6 Å². The van der Waals surface area contributed by atoms with Gasteiger partial charge in [-0.15, -0.1) is 0 Å². The fourth-order valence-electron chi connectivity index (χ4n) is 3.27. The van der Waals surface area contributed by atoms with Crippen molar-refractivity contribution >= 4 is 11.8 Å². The summed E-state index contributed by atoms with van der Waals surface area (Å²) in [5, 5.41) is 3.06. The SMILES string of the molecule is CCCC(=O)NC1CCN(C(=O)C2CCC(N)C2)CC1. The predicted molar refractivity (Wildman–Crippen MR) is 78.0 cm³/mol. The van der Waals surface area contributed by atoms with Gasteiger partial charge in [0.1, 0.15) is 0 Å². The van der Waals surface area contributed by atoms with Crippen LogP contribution in [0.25, 0.3) is 0 Å². The summed E-state index contributed by atoms with van der Waals surface area (Å²) in [6, 6.07) is 0.443. The summed E-state index contributed by atoms with van der Waals surface area (Å²) in [6.07, 6.45) is 5.98. The fourth-order valence-corrected chi connectivity index (χ4v) is 3.27. The fraction of sp³-hybridized carbons (Fsp3) is 0.867. The highest BCUT2D eigenvalue weighted by Gasteiger charge is 2.32. The molecular weight excluding hydrogens is 254 g/mol. The molecule has 1 aliphatic carbocycles. The molecule has 5 heteroatoms. The molecule has 5 nitrogen and oxygen atoms in total. The molecule has 2 amide bonds. The van der Waals surface area contributed by atoms with Crippen molar-refractivity contribution < 1.29 is 9.59 Å². The molecule has 1 aliphatic heterocycles. The molecule has 0 radical (unpaired) electrons. The van der Waals surface area contributed by atoms with Crippen LogP contribution >= 0.6 is 0 Å². The minimum Gasteiger partial charge on any atom is -0.353 e. The number of carbonyl (C=O) groups excluding carboxylic acids is 2. The second-order valence-electron chi connectivity index (χ2n) is 6.19. The Balaban J connectivity index is 1.73. The lowest BCUT2D eigenvalue weighted by molar-refractivity contribution is -0.136. The first-order valence-corrected chi connectivity index (χ1v) is 7.94. The van der Waals surface area contributed by atoms with Gasteiger partial charge in [0.2, 0.25) is 11.8 Å². The molecule has 1 heterocycles. The van der Waals surface area contributed by atoms with Crippen molar-refractivity contribution in [1.82, 2.24) is 10.2 Å². The van der Waals surface area contributed by atoms with Crippen LogP contribution in [0.2, 0.25) is 0 Å². The Bertz CT molecular complexity index is 351. The molecule has 2 unspecified atom stereocenters. The largest absolute Gasteiger partial charge is 0.353 e. The maximum absolute atomic E-state index is 12.4. The van der Waals surface area contributed by atoms with Crippen LogP contribution in [0.1, 0.15) is 51.9 Å². The minimum absolute atomic E-state index is 0.135. The summed E-state index contributed by atoms with van der Waals surface area (Å²) in [7, 11) is 0. The number of carbonyl (C=O) groups is 2. The zero-order valence-corrected chi connectivity index (χ0v) is 12.4. The Morgan fingerprint density at radius 1 is 1.20 bits per heavy atom. The molecule has 20 heavy (non-hydrogen) atoms. The third-order valence-corrected chi connectivity index (χ3v) is 4.47. The molecule has 0 aromatic rings. The third-order valence-electron chi connectivity index (χ3n) is 4.47. The van der Waals surface area contributed by atoms with E-state index in [-0.39, 0.29) is 29.8 Å². The van der Waals surface area contributed by atoms with Crippen LogP contribution in [0.5, 0.6) is 0 Å². The van der Waals surface area contributed by atoms with Crippen LogP contribution in [0, 0.1) is 5.92 Å². The van der Waals surface area contributed by atoms with Gasteiger partial charge in [0, 0.05) is 37.5 Å². The van der Waals surface area contributed by atoms with Crippen LogP contribution in [-0.4, -0.2) is 41.9 Å². The summed E-state index contributed by atoms with van der Waals surface area (Å²) >= 11 is 0. The normalized spacial score (nSPS) is 27.6. The van der Waals surface area contributed by atoms with Crippen LogP contribution in [-0.2, 0) is 9.59 Å². The second kappa shape index (κ2) is 7.07. The van der Waals surface area contributed by atoms with E-state index in [4.69, 9.17) is 5.73 Å². The van der Waals surface area contributed by atoms with Crippen molar-refractivity contribution in [2.75, 3.05) is 13.1 Å². The quantitative estimate of drug-likeness (QED) is 0.808. The number of likely N-dealkylation sites (tertiary alicyclic amines) is 1. The van der Waals surface area contributed by atoms with Crippen molar-refractivity contribution in [2.45, 2.75) is 64.0 Å². The van der Waals surface area contributed by atoms with Crippen LogP contribution in [0.15, 0.2) is 0 Å². The summed E-state index contributed by atoms with van der Waals surface area (Å²) in [6.45, 7) is 3.54. The molecule has 2 atom stereocenters. The lowest BCUT2D eigenvalue weighted by atomic mass is 10.0. The highest BCUT2D eigenvalue weighted by Crippen LogP contribution is 2.27. The van der Waals surface area contributed by atoms with Gasteiger partial charge in [-0.3, -0.25) is 9.59 Å². The molecule has 0 aromatic carbocycles. The van der Waals surface area contributed by atoms with E-state index in [1.165, 1.54) is 0 Å². The standard InChI is InChI=1S/C15H27N3O2/c1-2-3-14(19)17-13-6-8-18(9-7-13)15(20)11-4-5-12(16)10-11/h11-13H,2-10,16H2,1H3,(H,17,19). The molecule has 1 saturated carbocycles. The first-order chi connectivity index (χ1) is 9.60. The van der Waals surface area contributed by atoms with E-state index in [2.05, 4.69) is 5.32 Å². The minimum atomic E-state index is 0.135. The summed E-state index contributed by atoms with van der Waals surface area (Å²) < 4.78 is 0. The number of rotatable bonds is 4. The van der Waals surface area contributed by atoms with E-state index in [0.29, 0.717) is 6.42 Å². The van der Waals surface area contributed by atoms with Gasteiger partial charge in [-0.1, -0.05) is 6.92 Å². The smallest absolute Gasteiger partial charge is 0.225 e. The van der Waals surface area contributed by atoms with Gasteiger partial charge in [0.15, 0.2) is 0 Å². The van der Waals surface area contributed by atoms with Crippen LogP contribution < -0.4 is 11.1 Å². The van der Waals surface area contributed by atoms with Crippen molar-refractivity contribution in [3.8, 4) is 0 Å². The molecule has 0 bridgehead atoms. The summed E-state index contributed by atoms with van der Waals surface area (Å²) in [4.78, 5) is 25.9. The zero-order valence-electron chi connectivity index (χ0n) is 12.4. The molecule has 2 fully saturated rings. The molecule has 2 rings (SSSR count). The van der Waals surface area contributed by atoms with Crippen molar-refractivity contribution in [1.29, 1.82) is 0 Å². The zero-order chi connectivity index (χ0) is 14.5. The van der Waals surface area contributed by atoms with Crippen molar-refractivity contribution in [2.24, 2.45) is 11.7 Å². The van der Waals surface area contributed by atoms with E-state index in [9.17, 15) is 9.59 Å². The number of nitrogens with two attached hydrogens (primary N) is 1. The highest BCUT2D eigenvalue weighted by molar-refractivity contribution is 5.79. The number of hydrogen-bond donors (Lipinski definition) is 2. The third kappa shape index (κ3) is 3.95. The molecule has 3 N–H and O–H groups in total. The van der Waals surface area contributed by atoms with E-state index in [1.54, 1.807) is 0 Å². The number of piperidine rings is 1. The van der Waals surface area contributed by atoms with Crippen molar-refractivity contribution in [3.05, 3.63) is 0 Å². The van der Waals surface area contributed by atoms with Gasteiger partial charge in [0.05, 0.1) is 0 Å². The Hall–Kier alpha value is -1.10. The van der Waals surface area contributed by atoms with Gasteiger partial charge < -0.3 is 16.0 Å². The molecular formula is C15H27N3O2. The molecule has 0 aromatic heterocycles. The Labute approximate surface area is 121 Å². The first-order valence-electron chi connectivity index (χ1n) is 7.94. The summed E-state index contributed by atoms with van der Waals surface area (Å²) in [5.41, 5.74) is 5.88. The van der Waals surface area contributed by atoms with Crippen LogP contribution in [0.3, 0.4) is 0 Å². The average Bonchev–Trinajstić information content (AvgIpc) is 2.86.